The average molecular weight is 429 g/mol. The molecule has 0 bridgehead atoms. The minimum absolute atomic E-state index is 0.112. The maximum atomic E-state index is 11.6. The molecule has 4 aromatic rings. The molecule has 1 unspecified atom stereocenters. The number of nitrogens with zero attached hydrogens (tertiary/aromatic N) is 6. The Labute approximate surface area is 182 Å². The molecule has 11 nitrogen and oxygen atoms in total. The molecule has 160 valence electrons. The van der Waals surface area contributed by atoms with Crippen LogP contribution in [0.15, 0.2) is 66.7 Å². The van der Waals surface area contributed by atoms with Gasteiger partial charge in [-0.3, -0.25) is 9.36 Å². The second-order valence-corrected chi connectivity index (χ2v) is 7.19. The molecule has 6 N–H and O–H groups in total. The summed E-state index contributed by atoms with van der Waals surface area (Å²) in [6.07, 6.45) is 6.47. The number of carbonyl (C=O) groups is 1. The summed E-state index contributed by atoms with van der Waals surface area (Å²) >= 11 is 0. The number of rotatable bonds is 4. The maximum Gasteiger partial charge on any atom is 0.285 e. The van der Waals surface area contributed by atoms with Crippen LogP contribution in [-0.4, -0.2) is 35.2 Å². The molecule has 11 heteroatoms. The van der Waals surface area contributed by atoms with Crippen molar-refractivity contribution >= 4 is 5.91 Å². The molecule has 1 aliphatic rings. The molecule has 0 aliphatic carbocycles. The van der Waals surface area contributed by atoms with Crippen LogP contribution < -0.4 is 21.9 Å². The first-order valence-corrected chi connectivity index (χ1v) is 9.66. The van der Waals surface area contributed by atoms with Crippen LogP contribution in [0.1, 0.15) is 27.7 Å². The molecule has 4 heterocycles. The normalized spacial score (nSPS) is 15.3. The quantitative estimate of drug-likeness (QED) is 0.428. The number of ether oxygens (including phenoxy) is 1. The topological polar surface area (TPSA) is 166 Å². The van der Waals surface area contributed by atoms with E-state index < -0.39 is 11.8 Å². The van der Waals surface area contributed by atoms with Gasteiger partial charge in [-0.25, -0.2) is 19.6 Å². The SMILES string of the molecule is Cn1nc(-c2ncccn2)c2c1OC(N)=C(N)C2c1ccc(-n2ccnc2C(N)=O)cc1. The Morgan fingerprint density at radius 3 is 2.47 bits per heavy atom. The van der Waals surface area contributed by atoms with E-state index in [1.54, 1.807) is 41.0 Å². The molecule has 0 spiro atoms. The van der Waals surface area contributed by atoms with Crippen molar-refractivity contribution in [2.45, 2.75) is 5.92 Å². The van der Waals surface area contributed by atoms with Gasteiger partial charge in [0.25, 0.3) is 5.91 Å². The summed E-state index contributed by atoms with van der Waals surface area (Å²) in [5, 5.41) is 4.56. The highest BCUT2D eigenvalue weighted by Crippen LogP contribution is 2.44. The van der Waals surface area contributed by atoms with Gasteiger partial charge in [-0.15, -0.1) is 0 Å². The molecule has 0 fully saturated rings. The first kappa shape index (κ1) is 19.3. The fourth-order valence-electron chi connectivity index (χ4n) is 3.82. The zero-order chi connectivity index (χ0) is 22.4. The standard InChI is InChI=1S/C21H19N9O2/c1-29-21-14(16(28-29)19-25-7-2-8-26-19)13(15(22)18(24)32-21)11-3-5-12(6-4-11)30-10-9-27-20(30)17(23)31/h2-10,13H,22,24H2,1H3,(H2,23,31). The van der Waals surface area contributed by atoms with E-state index in [0.717, 1.165) is 16.8 Å². The fraction of sp³-hybridized carbons (Fsp3) is 0.0952. The lowest BCUT2D eigenvalue weighted by Crippen LogP contribution is -2.26. The predicted octanol–water partition coefficient (Wildman–Crippen LogP) is 0.772. The zero-order valence-electron chi connectivity index (χ0n) is 17.0. The minimum Gasteiger partial charge on any atom is -0.421 e. The Balaban J connectivity index is 1.63. The molecule has 3 aromatic heterocycles. The number of benzene rings is 1. The molecule has 5 rings (SSSR count). The third kappa shape index (κ3) is 2.95. The van der Waals surface area contributed by atoms with E-state index in [1.807, 2.05) is 24.3 Å². The van der Waals surface area contributed by atoms with E-state index in [4.69, 9.17) is 21.9 Å². The Kier molecular flexibility index (Phi) is 4.36. The number of carbonyl (C=O) groups excluding carboxylic acids is 1. The van der Waals surface area contributed by atoms with Crippen molar-refractivity contribution in [3.05, 3.63) is 83.7 Å². The van der Waals surface area contributed by atoms with E-state index in [0.29, 0.717) is 23.1 Å². The Hall–Kier alpha value is -4.67. The lowest BCUT2D eigenvalue weighted by molar-refractivity contribution is 0.0989. The predicted molar refractivity (Wildman–Crippen MR) is 114 cm³/mol. The van der Waals surface area contributed by atoms with Gasteiger partial charge in [0.15, 0.2) is 5.82 Å². The lowest BCUT2D eigenvalue weighted by atomic mass is 9.87. The Morgan fingerprint density at radius 1 is 1.06 bits per heavy atom. The summed E-state index contributed by atoms with van der Waals surface area (Å²) < 4.78 is 8.97. The average Bonchev–Trinajstić information content (AvgIpc) is 3.41. The monoisotopic (exact) mass is 429 g/mol. The van der Waals surface area contributed by atoms with E-state index >= 15 is 0 Å². The Morgan fingerprint density at radius 2 is 1.78 bits per heavy atom. The van der Waals surface area contributed by atoms with Crippen LogP contribution in [0.4, 0.5) is 0 Å². The van der Waals surface area contributed by atoms with Crippen molar-refractivity contribution in [1.29, 1.82) is 0 Å². The number of hydrogen-bond donors (Lipinski definition) is 3. The third-order valence-electron chi connectivity index (χ3n) is 5.26. The number of aryl methyl sites for hydroxylation is 1. The number of primary amides is 1. The first-order valence-electron chi connectivity index (χ1n) is 9.66. The van der Waals surface area contributed by atoms with E-state index in [1.165, 1.54) is 6.20 Å². The molecule has 1 aliphatic heterocycles. The van der Waals surface area contributed by atoms with Crippen molar-refractivity contribution in [2.24, 2.45) is 24.2 Å². The number of fused-ring (bicyclic) bond motifs is 1. The van der Waals surface area contributed by atoms with Crippen LogP contribution in [-0.2, 0) is 7.05 Å². The lowest BCUT2D eigenvalue weighted by Gasteiger charge is -2.26. The van der Waals surface area contributed by atoms with Crippen LogP contribution in [0.5, 0.6) is 5.88 Å². The van der Waals surface area contributed by atoms with Gasteiger partial charge >= 0.3 is 0 Å². The molecule has 1 amide bonds. The summed E-state index contributed by atoms with van der Waals surface area (Å²) in [7, 11) is 1.75. The number of hydrogen-bond acceptors (Lipinski definition) is 8. The summed E-state index contributed by atoms with van der Waals surface area (Å²) in [5.74, 6) is 0.132. The van der Waals surface area contributed by atoms with E-state index in [2.05, 4.69) is 20.1 Å². The molecule has 0 saturated carbocycles. The summed E-state index contributed by atoms with van der Waals surface area (Å²) in [6, 6.07) is 9.20. The van der Waals surface area contributed by atoms with Gasteiger partial charge in [0.2, 0.25) is 17.6 Å². The van der Waals surface area contributed by atoms with Gasteiger partial charge in [0, 0.05) is 37.5 Å². The Bertz CT molecular complexity index is 1350. The number of amides is 1. The molecule has 32 heavy (non-hydrogen) atoms. The van der Waals surface area contributed by atoms with Crippen molar-refractivity contribution < 1.29 is 9.53 Å². The second-order valence-electron chi connectivity index (χ2n) is 7.19. The summed E-state index contributed by atoms with van der Waals surface area (Å²) in [4.78, 5) is 24.3. The van der Waals surface area contributed by atoms with Crippen molar-refractivity contribution in [1.82, 2.24) is 29.3 Å². The van der Waals surface area contributed by atoms with Crippen LogP contribution in [0.2, 0.25) is 0 Å². The van der Waals surface area contributed by atoms with Gasteiger partial charge < -0.3 is 21.9 Å². The number of nitrogens with two attached hydrogens (primary N) is 3. The second kappa shape index (κ2) is 7.23. The number of imidazole rings is 1. The minimum atomic E-state index is -0.615. The highest BCUT2D eigenvalue weighted by molar-refractivity contribution is 5.89. The number of allylic oxidation sites excluding steroid dienone is 1. The van der Waals surface area contributed by atoms with Gasteiger partial charge in [-0.2, -0.15) is 5.10 Å². The van der Waals surface area contributed by atoms with Gasteiger partial charge in [0.1, 0.15) is 5.69 Å². The van der Waals surface area contributed by atoms with Gasteiger partial charge in [0.05, 0.1) is 17.2 Å². The number of aromatic nitrogens is 6. The largest absolute Gasteiger partial charge is 0.421 e. The van der Waals surface area contributed by atoms with Crippen molar-refractivity contribution in [3.8, 4) is 23.1 Å². The van der Waals surface area contributed by atoms with E-state index in [9.17, 15) is 4.79 Å². The fourth-order valence-corrected chi connectivity index (χ4v) is 3.82. The van der Waals surface area contributed by atoms with Crippen LogP contribution in [0.3, 0.4) is 0 Å². The van der Waals surface area contributed by atoms with Crippen molar-refractivity contribution in [3.63, 3.8) is 0 Å². The smallest absolute Gasteiger partial charge is 0.285 e. The molecule has 1 atom stereocenters. The first-order chi connectivity index (χ1) is 15.5. The van der Waals surface area contributed by atoms with Gasteiger partial charge in [-0.1, -0.05) is 12.1 Å². The molecule has 0 radical (unpaired) electrons. The summed E-state index contributed by atoms with van der Waals surface area (Å²) in [6.45, 7) is 0. The maximum absolute atomic E-state index is 11.6. The highest BCUT2D eigenvalue weighted by atomic mass is 16.5. The third-order valence-corrected chi connectivity index (χ3v) is 5.26. The van der Waals surface area contributed by atoms with Crippen LogP contribution >= 0.6 is 0 Å². The molecular formula is C21H19N9O2. The van der Waals surface area contributed by atoms with Crippen LogP contribution in [0, 0.1) is 0 Å². The summed E-state index contributed by atoms with van der Waals surface area (Å²) in [5.41, 5.74) is 21.1. The highest BCUT2D eigenvalue weighted by Gasteiger charge is 2.36. The van der Waals surface area contributed by atoms with Gasteiger partial charge in [-0.05, 0) is 23.8 Å². The van der Waals surface area contributed by atoms with Crippen LogP contribution in [0.25, 0.3) is 17.2 Å². The molecular weight excluding hydrogens is 410 g/mol. The van der Waals surface area contributed by atoms with Crippen molar-refractivity contribution in [2.75, 3.05) is 0 Å². The van der Waals surface area contributed by atoms with E-state index in [-0.39, 0.29) is 11.7 Å². The zero-order valence-corrected chi connectivity index (χ0v) is 17.0. The molecule has 1 aromatic carbocycles. The molecule has 0 saturated heterocycles.